The summed E-state index contributed by atoms with van der Waals surface area (Å²) in [5.74, 6) is -0.175. The predicted molar refractivity (Wildman–Crippen MR) is 102 cm³/mol. The van der Waals surface area contributed by atoms with Crippen molar-refractivity contribution in [3.05, 3.63) is 67.9 Å². The number of carbonyl (C=O) groups is 1. The zero-order valence-electron chi connectivity index (χ0n) is 13.4. The van der Waals surface area contributed by atoms with Crippen molar-refractivity contribution in [2.45, 2.75) is 6.54 Å². The highest BCUT2D eigenvalue weighted by molar-refractivity contribution is 6.42. The minimum absolute atomic E-state index is 0.0754. The molecule has 3 rings (SSSR count). The van der Waals surface area contributed by atoms with E-state index in [1.807, 2.05) is 0 Å². The first-order valence-corrected chi connectivity index (χ1v) is 8.55. The fraction of sp³-hybridized carbons (Fsp3) is 0.0625. The molecule has 0 spiro atoms. The van der Waals surface area contributed by atoms with Crippen LogP contribution in [-0.2, 0) is 11.3 Å². The molecule has 0 bridgehead atoms. The number of anilines is 1. The molecule has 1 amide bonds. The molecule has 2 aromatic carbocycles. The van der Waals surface area contributed by atoms with Crippen molar-refractivity contribution >= 4 is 52.1 Å². The van der Waals surface area contributed by atoms with Crippen LogP contribution in [0, 0.1) is 10.1 Å². The molecule has 1 heterocycles. The molecule has 0 aliphatic carbocycles. The quantitative estimate of drug-likeness (QED) is 0.479. The maximum absolute atomic E-state index is 12.2. The first-order valence-electron chi connectivity index (χ1n) is 7.42. The Hall–Kier alpha value is -2.68. The van der Waals surface area contributed by atoms with Gasteiger partial charge >= 0.3 is 0 Å². The Balaban J connectivity index is 1.73. The topological polar surface area (TPSA) is 103 Å². The summed E-state index contributed by atoms with van der Waals surface area (Å²) >= 11 is 17.9. The second kappa shape index (κ2) is 7.91. The minimum atomic E-state index is -0.506. The average molecular weight is 427 g/mol. The molecule has 0 saturated heterocycles. The van der Waals surface area contributed by atoms with Crippen molar-refractivity contribution in [2.75, 3.05) is 5.32 Å². The summed E-state index contributed by atoms with van der Waals surface area (Å²) in [5, 5.41) is 18.4. The van der Waals surface area contributed by atoms with E-state index in [-0.39, 0.29) is 33.8 Å². The molecule has 0 aliphatic heterocycles. The van der Waals surface area contributed by atoms with E-state index in [0.29, 0.717) is 10.6 Å². The molecule has 0 unspecified atom stereocenters. The molecule has 1 aromatic heterocycles. The Morgan fingerprint density at radius 3 is 2.56 bits per heavy atom. The number of nitro groups is 1. The highest BCUT2D eigenvalue weighted by Crippen LogP contribution is 2.33. The van der Waals surface area contributed by atoms with Crippen LogP contribution in [0.3, 0.4) is 0 Å². The van der Waals surface area contributed by atoms with E-state index >= 15 is 0 Å². The highest BCUT2D eigenvalue weighted by Gasteiger charge is 2.14. The summed E-state index contributed by atoms with van der Waals surface area (Å²) in [5.41, 5.74) is 0.632. The van der Waals surface area contributed by atoms with E-state index in [1.54, 1.807) is 6.07 Å². The van der Waals surface area contributed by atoms with Gasteiger partial charge < -0.3 is 5.32 Å². The largest absolute Gasteiger partial charge is 0.322 e. The zero-order chi connectivity index (χ0) is 19.6. The number of hydrogen-bond donors (Lipinski definition) is 1. The van der Waals surface area contributed by atoms with E-state index < -0.39 is 10.8 Å². The average Bonchev–Trinajstić information content (AvgIpc) is 3.06. The highest BCUT2D eigenvalue weighted by atomic mass is 35.5. The van der Waals surface area contributed by atoms with Gasteiger partial charge in [0.25, 0.3) is 5.69 Å². The normalized spacial score (nSPS) is 10.6. The van der Waals surface area contributed by atoms with Crippen LogP contribution in [0.1, 0.15) is 0 Å². The number of amides is 1. The number of non-ortho nitro benzene ring substituents is 1. The number of aromatic nitrogens is 3. The van der Waals surface area contributed by atoms with Gasteiger partial charge in [0.2, 0.25) is 5.91 Å². The SMILES string of the molecule is O=C(Cn1cnc(-c2cccc([N+](=O)[O-])c2)n1)Nc1c(Cl)cc(Cl)cc1Cl. The molecule has 0 fully saturated rings. The lowest BCUT2D eigenvalue weighted by molar-refractivity contribution is -0.384. The third-order valence-corrected chi connectivity index (χ3v) is 4.24. The van der Waals surface area contributed by atoms with Crippen molar-refractivity contribution in [3.63, 3.8) is 0 Å². The fourth-order valence-corrected chi connectivity index (χ4v) is 3.16. The molecule has 0 aliphatic rings. The van der Waals surface area contributed by atoms with Crippen LogP contribution in [0.4, 0.5) is 11.4 Å². The van der Waals surface area contributed by atoms with Crippen molar-refractivity contribution in [1.82, 2.24) is 14.8 Å². The van der Waals surface area contributed by atoms with E-state index in [1.165, 1.54) is 41.3 Å². The molecule has 11 heteroatoms. The van der Waals surface area contributed by atoms with Crippen molar-refractivity contribution in [2.24, 2.45) is 0 Å². The van der Waals surface area contributed by atoms with Crippen molar-refractivity contribution in [1.29, 1.82) is 0 Å². The van der Waals surface area contributed by atoms with E-state index in [0.717, 1.165) is 0 Å². The third kappa shape index (κ3) is 4.54. The number of rotatable bonds is 5. The Morgan fingerprint density at radius 2 is 1.89 bits per heavy atom. The number of halogens is 3. The Bertz CT molecular complexity index is 1010. The molecular formula is C16H10Cl3N5O3. The summed E-state index contributed by atoms with van der Waals surface area (Å²) in [6, 6.07) is 8.81. The monoisotopic (exact) mass is 425 g/mol. The summed E-state index contributed by atoms with van der Waals surface area (Å²) in [6.07, 6.45) is 1.35. The Labute approximate surface area is 167 Å². The lowest BCUT2D eigenvalue weighted by Gasteiger charge is -2.09. The van der Waals surface area contributed by atoms with Gasteiger partial charge in [-0.15, -0.1) is 0 Å². The smallest absolute Gasteiger partial charge is 0.270 e. The van der Waals surface area contributed by atoms with Gasteiger partial charge in [-0.3, -0.25) is 14.9 Å². The van der Waals surface area contributed by atoms with Crippen LogP contribution < -0.4 is 5.32 Å². The van der Waals surface area contributed by atoms with Crippen LogP contribution in [-0.4, -0.2) is 25.6 Å². The molecular weight excluding hydrogens is 417 g/mol. The molecule has 0 atom stereocenters. The number of benzene rings is 2. The first-order chi connectivity index (χ1) is 12.8. The van der Waals surface area contributed by atoms with Crippen LogP contribution in [0.15, 0.2) is 42.7 Å². The molecule has 138 valence electrons. The van der Waals surface area contributed by atoms with Gasteiger partial charge in [0.1, 0.15) is 12.9 Å². The second-order valence-electron chi connectivity index (χ2n) is 5.37. The van der Waals surface area contributed by atoms with Gasteiger partial charge in [-0.05, 0) is 12.1 Å². The van der Waals surface area contributed by atoms with Crippen LogP contribution in [0.5, 0.6) is 0 Å². The van der Waals surface area contributed by atoms with Gasteiger partial charge in [0.05, 0.1) is 20.7 Å². The second-order valence-corrected chi connectivity index (χ2v) is 6.62. The van der Waals surface area contributed by atoms with Gasteiger partial charge in [0.15, 0.2) is 5.82 Å². The maximum Gasteiger partial charge on any atom is 0.270 e. The number of carbonyl (C=O) groups excluding carboxylic acids is 1. The molecule has 3 aromatic rings. The molecule has 27 heavy (non-hydrogen) atoms. The molecule has 1 N–H and O–H groups in total. The molecule has 8 nitrogen and oxygen atoms in total. The predicted octanol–water partition coefficient (Wildman–Crippen LogP) is 4.45. The van der Waals surface area contributed by atoms with Crippen molar-refractivity contribution < 1.29 is 9.72 Å². The Kier molecular flexibility index (Phi) is 5.59. The lowest BCUT2D eigenvalue weighted by Crippen LogP contribution is -2.19. The summed E-state index contributed by atoms with van der Waals surface area (Å²) in [6.45, 7) is -0.156. The van der Waals surface area contributed by atoms with Gasteiger partial charge in [-0.2, -0.15) is 5.10 Å². The minimum Gasteiger partial charge on any atom is -0.322 e. The first kappa shape index (κ1) is 19.1. The van der Waals surface area contributed by atoms with Gasteiger partial charge in [-0.1, -0.05) is 46.9 Å². The van der Waals surface area contributed by atoms with Crippen LogP contribution >= 0.6 is 34.8 Å². The summed E-state index contributed by atoms with van der Waals surface area (Å²) in [7, 11) is 0. The number of nitro benzene ring substituents is 1. The summed E-state index contributed by atoms with van der Waals surface area (Å²) < 4.78 is 1.29. The van der Waals surface area contributed by atoms with E-state index in [2.05, 4.69) is 15.4 Å². The van der Waals surface area contributed by atoms with Crippen LogP contribution in [0.25, 0.3) is 11.4 Å². The van der Waals surface area contributed by atoms with E-state index in [9.17, 15) is 14.9 Å². The Morgan fingerprint density at radius 1 is 1.19 bits per heavy atom. The third-order valence-electron chi connectivity index (χ3n) is 3.43. The number of hydrogen-bond acceptors (Lipinski definition) is 5. The molecule has 0 saturated carbocycles. The standard InChI is InChI=1S/C16H10Cl3N5O3/c17-10-5-12(18)15(13(19)6-10)21-14(25)7-23-8-20-16(22-23)9-2-1-3-11(4-9)24(26)27/h1-6,8H,7H2,(H,21,25). The molecule has 0 radical (unpaired) electrons. The fourth-order valence-electron chi connectivity index (χ4n) is 2.25. The van der Waals surface area contributed by atoms with Crippen LogP contribution in [0.2, 0.25) is 15.1 Å². The number of nitrogens with one attached hydrogen (secondary N) is 1. The zero-order valence-corrected chi connectivity index (χ0v) is 15.7. The maximum atomic E-state index is 12.2. The van der Waals surface area contributed by atoms with Gasteiger partial charge in [-0.25, -0.2) is 9.67 Å². The van der Waals surface area contributed by atoms with E-state index in [4.69, 9.17) is 34.8 Å². The lowest BCUT2D eigenvalue weighted by atomic mass is 10.2. The summed E-state index contributed by atoms with van der Waals surface area (Å²) in [4.78, 5) is 26.6. The van der Waals surface area contributed by atoms with Crippen molar-refractivity contribution in [3.8, 4) is 11.4 Å². The van der Waals surface area contributed by atoms with Gasteiger partial charge in [0, 0.05) is 22.7 Å². The number of nitrogens with zero attached hydrogens (tertiary/aromatic N) is 4.